The zero-order valence-electron chi connectivity index (χ0n) is 13.5. The van der Waals surface area contributed by atoms with Crippen LogP contribution in [0.5, 0.6) is 11.5 Å². The number of aromatic nitrogens is 2. The second-order valence-electron chi connectivity index (χ2n) is 5.91. The molecule has 0 spiro atoms. The Bertz CT molecular complexity index is 1070. The Hall–Kier alpha value is -2.99. The van der Waals surface area contributed by atoms with Gasteiger partial charge in [-0.05, 0) is 48.2 Å². The number of nitrogens with one attached hydrogen (secondary N) is 1. The lowest BCUT2D eigenvalue weighted by Crippen LogP contribution is -1.97. The van der Waals surface area contributed by atoms with Crippen molar-refractivity contribution in [1.82, 2.24) is 9.38 Å². The first-order valence-electron chi connectivity index (χ1n) is 7.97. The molecule has 5 nitrogen and oxygen atoms in total. The van der Waals surface area contributed by atoms with Crippen molar-refractivity contribution in [2.24, 2.45) is 0 Å². The molecule has 0 radical (unpaired) electrons. The molecule has 1 aliphatic rings. The average molecular weight is 349 g/mol. The summed E-state index contributed by atoms with van der Waals surface area (Å²) in [4.78, 5) is 5.97. The standard InChI is InChI=1S/C19H15N3O2S/c1-12-6-7-22-17(9-12)21-18(16-3-2-8-25-16)19(22)20-13-4-5-14-15(10-13)24-11-23-14/h2-10,20H,11H2,1H3. The molecule has 1 aromatic carbocycles. The average Bonchev–Trinajstić information content (AvgIpc) is 3.33. The number of thiophene rings is 1. The summed E-state index contributed by atoms with van der Waals surface area (Å²) in [7, 11) is 0. The highest BCUT2D eigenvalue weighted by Crippen LogP contribution is 2.38. The smallest absolute Gasteiger partial charge is 0.231 e. The topological polar surface area (TPSA) is 47.8 Å². The first kappa shape index (κ1) is 14.4. The fourth-order valence-corrected chi connectivity index (χ4v) is 3.68. The zero-order chi connectivity index (χ0) is 16.8. The van der Waals surface area contributed by atoms with E-state index in [1.54, 1.807) is 11.3 Å². The predicted octanol–water partition coefficient (Wildman–Crippen LogP) is 4.84. The number of imidazole rings is 1. The Morgan fingerprint density at radius 1 is 1.12 bits per heavy atom. The summed E-state index contributed by atoms with van der Waals surface area (Å²) >= 11 is 1.68. The number of rotatable bonds is 3. The van der Waals surface area contributed by atoms with E-state index in [0.717, 1.165) is 39.2 Å². The molecule has 5 rings (SSSR count). The minimum Gasteiger partial charge on any atom is -0.454 e. The number of anilines is 2. The van der Waals surface area contributed by atoms with Gasteiger partial charge in [-0.3, -0.25) is 4.40 Å². The third-order valence-electron chi connectivity index (χ3n) is 4.17. The van der Waals surface area contributed by atoms with Gasteiger partial charge in [0.15, 0.2) is 11.5 Å². The van der Waals surface area contributed by atoms with Gasteiger partial charge in [0.2, 0.25) is 6.79 Å². The number of hydrogen-bond donors (Lipinski definition) is 1. The molecule has 0 unspecified atom stereocenters. The molecule has 124 valence electrons. The van der Waals surface area contributed by atoms with E-state index < -0.39 is 0 Å². The normalized spacial score (nSPS) is 12.7. The van der Waals surface area contributed by atoms with Crippen molar-refractivity contribution in [2.75, 3.05) is 12.1 Å². The van der Waals surface area contributed by atoms with Gasteiger partial charge in [-0.25, -0.2) is 4.98 Å². The van der Waals surface area contributed by atoms with Crippen LogP contribution in [0.25, 0.3) is 16.2 Å². The number of hydrogen-bond acceptors (Lipinski definition) is 5. The Balaban J connectivity index is 1.65. The molecular weight excluding hydrogens is 334 g/mol. The highest BCUT2D eigenvalue weighted by atomic mass is 32.1. The highest BCUT2D eigenvalue weighted by molar-refractivity contribution is 7.13. The quantitative estimate of drug-likeness (QED) is 0.575. The lowest BCUT2D eigenvalue weighted by Gasteiger charge is -2.09. The first-order chi connectivity index (χ1) is 12.3. The zero-order valence-corrected chi connectivity index (χ0v) is 14.3. The van der Waals surface area contributed by atoms with Crippen LogP contribution in [0.3, 0.4) is 0 Å². The lowest BCUT2D eigenvalue weighted by atomic mass is 10.2. The Morgan fingerprint density at radius 3 is 2.92 bits per heavy atom. The molecule has 3 aromatic heterocycles. The molecule has 1 N–H and O–H groups in total. The Kier molecular flexibility index (Phi) is 3.18. The maximum absolute atomic E-state index is 5.48. The van der Waals surface area contributed by atoms with Crippen LogP contribution in [-0.2, 0) is 0 Å². The summed E-state index contributed by atoms with van der Waals surface area (Å²) in [6.45, 7) is 2.35. The first-order valence-corrected chi connectivity index (χ1v) is 8.85. The largest absolute Gasteiger partial charge is 0.454 e. The molecule has 0 aliphatic carbocycles. The molecule has 4 aromatic rings. The minimum absolute atomic E-state index is 0.272. The summed E-state index contributed by atoms with van der Waals surface area (Å²) in [5.41, 5.74) is 3.99. The van der Waals surface area contributed by atoms with Gasteiger partial charge in [0, 0.05) is 18.0 Å². The van der Waals surface area contributed by atoms with Crippen molar-refractivity contribution in [3.8, 4) is 22.1 Å². The van der Waals surface area contributed by atoms with Gasteiger partial charge < -0.3 is 14.8 Å². The van der Waals surface area contributed by atoms with Gasteiger partial charge in [-0.15, -0.1) is 11.3 Å². The van der Waals surface area contributed by atoms with E-state index in [2.05, 4.69) is 40.2 Å². The summed E-state index contributed by atoms with van der Waals surface area (Å²) in [6, 6.07) is 14.2. The lowest BCUT2D eigenvalue weighted by molar-refractivity contribution is 0.174. The van der Waals surface area contributed by atoms with Crippen LogP contribution < -0.4 is 14.8 Å². The number of pyridine rings is 1. The molecule has 0 bridgehead atoms. The monoisotopic (exact) mass is 349 g/mol. The van der Waals surface area contributed by atoms with E-state index in [1.807, 2.05) is 30.5 Å². The number of benzene rings is 1. The van der Waals surface area contributed by atoms with Crippen molar-refractivity contribution < 1.29 is 9.47 Å². The van der Waals surface area contributed by atoms with Gasteiger partial charge >= 0.3 is 0 Å². The summed E-state index contributed by atoms with van der Waals surface area (Å²) in [6.07, 6.45) is 2.05. The molecule has 0 fully saturated rings. The molecule has 0 saturated carbocycles. The van der Waals surface area contributed by atoms with Gasteiger partial charge in [-0.2, -0.15) is 0 Å². The molecule has 0 amide bonds. The summed E-state index contributed by atoms with van der Waals surface area (Å²) < 4.78 is 12.9. The fraction of sp³-hybridized carbons (Fsp3) is 0.105. The van der Waals surface area contributed by atoms with E-state index in [-0.39, 0.29) is 6.79 Å². The molecule has 4 heterocycles. The van der Waals surface area contributed by atoms with Crippen LogP contribution in [0.2, 0.25) is 0 Å². The second kappa shape index (κ2) is 5.53. The van der Waals surface area contributed by atoms with Gasteiger partial charge in [-0.1, -0.05) is 6.07 Å². The Morgan fingerprint density at radius 2 is 2.04 bits per heavy atom. The van der Waals surface area contributed by atoms with E-state index in [4.69, 9.17) is 14.5 Å². The van der Waals surface area contributed by atoms with Gasteiger partial charge in [0.05, 0.1) is 4.88 Å². The van der Waals surface area contributed by atoms with Crippen LogP contribution in [0, 0.1) is 6.92 Å². The van der Waals surface area contributed by atoms with Gasteiger partial charge in [0.1, 0.15) is 17.2 Å². The molecule has 6 heteroatoms. The van der Waals surface area contributed by atoms with Crippen LogP contribution in [0.1, 0.15) is 5.56 Å². The predicted molar refractivity (Wildman–Crippen MR) is 99.1 cm³/mol. The van der Waals surface area contributed by atoms with Crippen LogP contribution in [0.4, 0.5) is 11.5 Å². The maximum Gasteiger partial charge on any atom is 0.231 e. The van der Waals surface area contributed by atoms with E-state index in [1.165, 1.54) is 5.56 Å². The van der Waals surface area contributed by atoms with E-state index in [9.17, 15) is 0 Å². The van der Waals surface area contributed by atoms with Crippen molar-refractivity contribution in [3.63, 3.8) is 0 Å². The highest BCUT2D eigenvalue weighted by Gasteiger charge is 2.17. The Labute approximate surface area is 148 Å². The van der Waals surface area contributed by atoms with Crippen LogP contribution in [0.15, 0.2) is 54.0 Å². The van der Waals surface area contributed by atoms with E-state index >= 15 is 0 Å². The maximum atomic E-state index is 5.48. The SMILES string of the molecule is Cc1ccn2c(Nc3ccc4c(c3)OCO4)c(-c3cccs3)nc2c1. The number of aryl methyl sites for hydroxylation is 1. The van der Waals surface area contributed by atoms with Crippen LogP contribution >= 0.6 is 11.3 Å². The van der Waals surface area contributed by atoms with Crippen LogP contribution in [-0.4, -0.2) is 16.2 Å². The van der Waals surface area contributed by atoms with Crippen molar-refractivity contribution in [1.29, 1.82) is 0 Å². The molecule has 25 heavy (non-hydrogen) atoms. The summed E-state index contributed by atoms with van der Waals surface area (Å²) in [5.74, 6) is 2.47. The third-order valence-corrected chi connectivity index (χ3v) is 5.05. The van der Waals surface area contributed by atoms with Gasteiger partial charge in [0.25, 0.3) is 0 Å². The molecule has 0 saturated heterocycles. The minimum atomic E-state index is 0.272. The number of ether oxygens (including phenoxy) is 2. The van der Waals surface area contributed by atoms with Crippen molar-refractivity contribution >= 4 is 28.5 Å². The van der Waals surface area contributed by atoms with Crippen molar-refractivity contribution in [3.05, 3.63) is 59.6 Å². The van der Waals surface area contributed by atoms with Crippen molar-refractivity contribution in [2.45, 2.75) is 6.92 Å². The fourth-order valence-electron chi connectivity index (χ4n) is 2.96. The molecule has 0 atom stereocenters. The molecule has 1 aliphatic heterocycles. The number of fused-ring (bicyclic) bond motifs is 2. The van der Waals surface area contributed by atoms with E-state index in [0.29, 0.717) is 0 Å². The molecular formula is C19H15N3O2S. The summed E-state index contributed by atoms with van der Waals surface area (Å²) in [5, 5.41) is 5.57. The second-order valence-corrected chi connectivity index (χ2v) is 6.86. The number of nitrogens with zero attached hydrogens (tertiary/aromatic N) is 2. The third kappa shape index (κ3) is 2.42.